The normalized spacial score (nSPS) is 10.6. The van der Waals surface area contributed by atoms with Crippen molar-refractivity contribution >= 4 is 40.3 Å². The van der Waals surface area contributed by atoms with Crippen molar-refractivity contribution < 1.29 is 4.39 Å². The summed E-state index contributed by atoms with van der Waals surface area (Å²) in [5, 5.41) is 11.9. The van der Waals surface area contributed by atoms with E-state index in [1.165, 1.54) is 12.1 Å². The van der Waals surface area contributed by atoms with E-state index in [1.54, 1.807) is 18.2 Å². The summed E-state index contributed by atoms with van der Waals surface area (Å²) in [7, 11) is 0. The van der Waals surface area contributed by atoms with Crippen molar-refractivity contribution in [3.05, 3.63) is 76.3 Å². The Labute approximate surface area is 162 Å². The van der Waals surface area contributed by atoms with Gasteiger partial charge in [0.2, 0.25) is 0 Å². The van der Waals surface area contributed by atoms with Crippen LogP contribution in [0, 0.1) is 19.7 Å². The Morgan fingerprint density at radius 3 is 2.65 bits per heavy atom. The first kappa shape index (κ1) is 18.4. The molecule has 26 heavy (non-hydrogen) atoms. The summed E-state index contributed by atoms with van der Waals surface area (Å²) in [6.07, 6.45) is 0. The molecule has 4 nitrogen and oxygen atoms in total. The van der Waals surface area contributed by atoms with E-state index >= 15 is 0 Å². The minimum absolute atomic E-state index is 0.255. The maximum absolute atomic E-state index is 13.4. The molecular formula is C19H18ClFN4S. The summed E-state index contributed by atoms with van der Waals surface area (Å²) < 4.78 is 15.2. The van der Waals surface area contributed by atoms with E-state index in [0.29, 0.717) is 16.7 Å². The number of halogens is 2. The van der Waals surface area contributed by atoms with Crippen LogP contribution in [0.5, 0.6) is 0 Å². The molecule has 0 saturated carbocycles. The van der Waals surface area contributed by atoms with Crippen LogP contribution in [0.3, 0.4) is 0 Å². The first-order valence-corrected chi connectivity index (χ1v) is 8.83. The van der Waals surface area contributed by atoms with Crippen LogP contribution < -0.4 is 10.6 Å². The van der Waals surface area contributed by atoms with Crippen LogP contribution in [0.15, 0.2) is 48.5 Å². The predicted octanol–water partition coefficient (Wildman–Crippen LogP) is 5.15. The number of benzene rings is 2. The Morgan fingerprint density at radius 2 is 1.92 bits per heavy atom. The minimum Gasteiger partial charge on any atom is -0.332 e. The van der Waals surface area contributed by atoms with Gasteiger partial charge in [-0.2, -0.15) is 5.10 Å². The largest absolute Gasteiger partial charge is 0.332 e. The second-order valence-corrected chi connectivity index (χ2v) is 6.77. The standard InChI is InChI=1S/C19H18ClFN4S/c1-12-18(23-19(26)22-17-8-4-6-15(20)10-17)13(2)25(24-12)11-14-5-3-7-16(21)9-14/h3-10H,11H2,1-2H3,(H2,22,23,26). The number of hydrogen-bond donors (Lipinski definition) is 2. The number of anilines is 2. The SMILES string of the molecule is Cc1nn(Cc2cccc(F)c2)c(C)c1NC(=S)Nc1cccc(Cl)c1. The highest BCUT2D eigenvalue weighted by molar-refractivity contribution is 7.80. The molecule has 0 amide bonds. The lowest BCUT2D eigenvalue weighted by atomic mass is 10.2. The van der Waals surface area contributed by atoms with Gasteiger partial charge in [0.05, 0.1) is 23.6 Å². The number of rotatable bonds is 4. The molecule has 0 aliphatic carbocycles. The average molecular weight is 389 g/mol. The fourth-order valence-corrected chi connectivity index (χ4v) is 3.09. The number of thiocarbonyl (C=S) groups is 1. The van der Waals surface area contributed by atoms with Crippen LogP contribution in [0.2, 0.25) is 5.02 Å². The maximum Gasteiger partial charge on any atom is 0.175 e. The molecule has 1 aromatic heterocycles. The van der Waals surface area contributed by atoms with Gasteiger partial charge in [-0.25, -0.2) is 4.39 Å². The van der Waals surface area contributed by atoms with Crippen molar-refractivity contribution in [1.29, 1.82) is 0 Å². The third-order valence-electron chi connectivity index (χ3n) is 3.92. The molecule has 3 rings (SSSR count). The third-order valence-corrected chi connectivity index (χ3v) is 4.36. The van der Waals surface area contributed by atoms with E-state index in [0.717, 1.165) is 28.3 Å². The van der Waals surface area contributed by atoms with Gasteiger partial charge in [0.25, 0.3) is 0 Å². The van der Waals surface area contributed by atoms with Crippen molar-refractivity contribution in [2.24, 2.45) is 0 Å². The summed E-state index contributed by atoms with van der Waals surface area (Å²) in [6, 6.07) is 13.8. The highest BCUT2D eigenvalue weighted by Crippen LogP contribution is 2.21. The summed E-state index contributed by atoms with van der Waals surface area (Å²) in [5.41, 5.74) is 4.22. The predicted molar refractivity (Wildman–Crippen MR) is 108 cm³/mol. The monoisotopic (exact) mass is 388 g/mol. The van der Waals surface area contributed by atoms with Crippen LogP contribution in [-0.2, 0) is 6.54 Å². The molecular weight excluding hydrogens is 371 g/mol. The van der Waals surface area contributed by atoms with Gasteiger partial charge in [-0.1, -0.05) is 29.8 Å². The highest BCUT2D eigenvalue weighted by Gasteiger charge is 2.13. The fourth-order valence-electron chi connectivity index (χ4n) is 2.68. The van der Waals surface area contributed by atoms with E-state index in [1.807, 2.05) is 36.7 Å². The second kappa shape index (κ2) is 7.85. The van der Waals surface area contributed by atoms with Crippen LogP contribution in [-0.4, -0.2) is 14.9 Å². The first-order valence-electron chi connectivity index (χ1n) is 8.04. The quantitative estimate of drug-likeness (QED) is 0.606. The molecule has 3 aromatic rings. The molecule has 1 heterocycles. The van der Waals surface area contributed by atoms with Crippen molar-refractivity contribution in [1.82, 2.24) is 9.78 Å². The first-order chi connectivity index (χ1) is 12.4. The minimum atomic E-state index is -0.255. The van der Waals surface area contributed by atoms with E-state index in [4.69, 9.17) is 23.8 Å². The lowest BCUT2D eigenvalue weighted by Gasteiger charge is -2.11. The number of hydrogen-bond acceptors (Lipinski definition) is 2. The highest BCUT2D eigenvalue weighted by atomic mass is 35.5. The zero-order valence-electron chi connectivity index (χ0n) is 14.4. The lowest BCUT2D eigenvalue weighted by Crippen LogP contribution is -2.20. The molecule has 0 unspecified atom stereocenters. The molecule has 0 spiro atoms. The zero-order chi connectivity index (χ0) is 18.7. The van der Waals surface area contributed by atoms with Gasteiger partial charge in [-0.3, -0.25) is 4.68 Å². The lowest BCUT2D eigenvalue weighted by molar-refractivity contribution is 0.616. The average Bonchev–Trinajstić information content (AvgIpc) is 2.82. The van der Waals surface area contributed by atoms with Crippen LogP contribution in [0.25, 0.3) is 0 Å². The van der Waals surface area contributed by atoms with Gasteiger partial charge in [0.15, 0.2) is 5.11 Å². The van der Waals surface area contributed by atoms with Crippen molar-refractivity contribution in [3.8, 4) is 0 Å². The molecule has 7 heteroatoms. The van der Waals surface area contributed by atoms with Crippen LogP contribution in [0.4, 0.5) is 15.8 Å². The Morgan fingerprint density at radius 1 is 1.15 bits per heavy atom. The number of aryl methyl sites for hydroxylation is 1. The third kappa shape index (κ3) is 4.39. The summed E-state index contributed by atoms with van der Waals surface area (Å²) in [5.74, 6) is -0.255. The Hall–Kier alpha value is -2.44. The van der Waals surface area contributed by atoms with E-state index in [2.05, 4.69) is 15.7 Å². The fraction of sp³-hybridized carbons (Fsp3) is 0.158. The maximum atomic E-state index is 13.4. The Bertz CT molecular complexity index is 954. The molecule has 0 fully saturated rings. The van der Waals surface area contributed by atoms with Gasteiger partial charge in [0, 0.05) is 10.7 Å². The summed E-state index contributed by atoms with van der Waals surface area (Å²) >= 11 is 11.4. The second-order valence-electron chi connectivity index (χ2n) is 5.92. The molecule has 0 radical (unpaired) electrons. The molecule has 0 saturated heterocycles. The molecule has 0 bridgehead atoms. The number of nitrogens with one attached hydrogen (secondary N) is 2. The van der Waals surface area contributed by atoms with Gasteiger partial charge in [-0.05, 0) is 62.0 Å². The summed E-state index contributed by atoms with van der Waals surface area (Å²) in [6.45, 7) is 4.34. The molecule has 0 atom stereocenters. The number of aromatic nitrogens is 2. The van der Waals surface area contributed by atoms with Crippen molar-refractivity contribution in [2.75, 3.05) is 10.6 Å². The Balaban J connectivity index is 1.74. The molecule has 0 aliphatic rings. The smallest absolute Gasteiger partial charge is 0.175 e. The zero-order valence-corrected chi connectivity index (χ0v) is 16.0. The van der Waals surface area contributed by atoms with Gasteiger partial charge < -0.3 is 10.6 Å². The van der Waals surface area contributed by atoms with E-state index in [9.17, 15) is 4.39 Å². The molecule has 0 aliphatic heterocycles. The van der Waals surface area contributed by atoms with Gasteiger partial charge >= 0.3 is 0 Å². The molecule has 2 aromatic carbocycles. The topological polar surface area (TPSA) is 41.9 Å². The van der Waals surface area contributed by atoms with Crippen LogP contribution >= 0.6 is 23.8 Å². The van der Waals surface area contributed by atoms with E-state index in [-0.39, 0.29) is 5.82 Å². The Kier molecular flexibility index (Phi) is 5.54. The van der Waals surface area contributed by atoms with Crippen LogP contribution in [0.1, 0.15) is 17.0 Å². The molecule has 2 N–H and O–H groups in total. The summed E-state index contributed by atoms with van der Waals surface area (Å²) in [4.78, 5) is 0. The van der Waals surface area contributed by atoms with Crippen molar-refractivity contribution in [3.63, 3.8) is 0 Å². The van der Waals surface area contributed by atoms with Gasteiger partial charge in [-0.15, -0.1) is 0 Å². The van der Waals surface area contributed by atoms with Gasteiger partial charge in [0.1, 0.15) is 5.82 Å². The molecule has 134 valence electrons. The number of nitrogens with zero attached hydrogens (tertiary/aromatic N) is 2. The van der Waals surface area contributed by atoms with E-state index < -0.39 is 0 Å². The van der Waals surface area contributed by atoms with Crippen molar-refractivity contribution in [2.45, 2.75) is 20.4 Å².